The Kier molecular flexibility index (Phi) is 7.62. The highest BCUT2D eigenvalue weighted by Crippen LogP contribution is 2.37. The predicted octanol–water partition coefficient (Wildman–Crippen LogP) is 3.46. The molecule has 0 saturated heterocycles. The van der Waals surface area contributed by atoms with Gasteiger partial charge in [0, 0.05) is 24.0 Å². The lowest BCUT2D eigenvalue weighted by molar-refractivity contribution is -0.121. The van der Waals surface area contributed by atoms with Crippen LogP contribution in [0.3, 0.4) is 0 Å². The van der Waals surface area contributed by atoms with E-state index in [0.29, 0.717) is 11.7 Å². The highest BCUT2D eigenvalue weighted by molar-refractivity contribution is 5.78. The monoisotopic (exact) mass is 468 g/mol. The zero-order valence-corrected chi connectivity index (χ0v) is 19.6. The van der Waals surface area contributed by atoms with Crippen molar-refractivity contribution in [2.24, 2.45) is 0 Å². The maximum Gasteiger partial charge on any atom is 0.234 e. The standard InChI is InChI=1S/C28H28N4O3/c1-19(34)28-30-14-15-32(28)26(18-33)11-4-20-2-5-21(6-3-20)22-7-9-23(10-8-22)24-16-25(17-24)31-27(35)12-13-29/h2-3,5-10,14-15,19,24-26,33-34H,12,16-18H2,1H3,(H,31,35)/t19-,24?,25?,26-/m0/s1. The topological polar surface area (TPSA) is 111 Å². The predicted molar refractivity (Wildman–Crippen MR) is 132 cm³/mol. The quantitative estimate of drug-likeness (QED) is 0.460. The number of carbonyl (C=O) groups is 1. The second-order valence-electron chi connectivity index (χ2n) is 8.80. The van der Waals surface area contributed by atoms with Gasteiger partial charge < -0.3 is 20.1 Å². The van der Waals surface area contributed by atoms with E-state index in [0.717, 1.165) is 29.5 Å². The Balaban J connectivity index is 1.37. The number of amides is 1. The Labute approximate surface area is 205 Å². The van der Waals surface area contributed by atoms with Gasteiger partial charge in [0.05, 0.1) is 12.7 Å². The number of aliphatic hydroxyl groups is 2. The van der Waals surface area contributed by atoms with Crippen LogP contribution in [-0.2, 0) is 4.79 Å². The lowest BCUT2D eigenvalue weighted by atomic mass is 9.75. The number of aromatic nitrogens is 2. The first-order chi connectivity index (χ1) is 17.0. The number of imidazole rings is 1. The number of nitrogens with one attached hydrogen (secondary N) is 1. The molecule has 0 spiro atoms. The van der Waals surface area contributed by atoms with Gasteiger partial charge in [-0.25, -0.2) is 4.98 Å². The molecule has 35 heavy (non-hydrogen) atoms. The van der Waals surface area contributed by atoms with E-state index >= 15 is 0 Å². The third-order valence-electron chi connectivity index (χ3n) is 6.31. The molecule has 1 aromatic heterocycles. The Hall–Kier alpha value is -3.91. The maximum atomic E-state index is 11.5. The van der Waals surface area contributed by atoms with E-state index in [1.807, 2.05) is 30.3 Å². The summed E-state index contributed by atoms with van der Waals surface area (Å²) in [4.78, 5) is 15.7. The maximum absolute atomic E-state index is 11.5. The Morgan fingerprint density at radius 1 is 1.17 bits per heavy atom. The zero-order chi connectivity index (χ0) is 24.8. The summed E-state index contributed by atoms with van der Waals surface area (Å²) in [7, 11) is 0. The van der Waals surface area contributed by atoms with Gasteiger partial charge in [-0.1, -0.05) is 48.2 Å². The van der Waals surface area contributed by atoms with E-state index in [1.54, 1.807) is 23.9 Å². The van der Waals surface area contributed by atoms with Gasteiger partial charge in [-0.15, -0.1) is 0 Å². The number of rotatable bonds is 7. The van der Waals surface area contributed by atoms with Crippen LogP contribution in [0.15, 0.2) is 60.9 Å². The fourth-order valence-electron chi connectivity index (χ4n) is 4.33. The third-order valence-corrected chi connectivity index (χ3v) is 6.31. The summed E-state index contributed by atoms with van der Waals surface area (Å²) in [5, 5.41) is 31.1. The molecule has 7 heteroatoms. The van der Waals surface area contributed by atoms with Crippen LogP contribution in [0.1, 0.15) is 61.2 Å². The summed E-state index contributed by atoms with van der Waals surface area (Å²) in [6, 6.07) is 18.0. The molecule has 1 aliphatic rings. The summed E-state index contributed by atoms with van der Waals surface area (Å²) < 4.78 is 1.69. The van der Waals surface area contributed by atoms with Gasteiger partial charge in [-0.3, -0.25) is 4.79 Å². The van der Waals surface area contributed by atoms with Crippen molar-refractivity contribution in [1.82, 2.24) is 14.9 Å². The highest BCUT2D eigenvalue weighted by atomic mass is 16.3. The molecule has 178 valence electrons. The fraction of sp³-hybridized carbons (Fsp3) is 0.321. The molecule has 1 heterocycles. The Bertz CT molecular complexity index is 1250. The first-order valence-corrected chi connectivity index (χ1v) is 11.7. The SMILES string of the molecule is C[C@H](O)c1nccn1[C@@H](C#Cc1ccc(-c2ccc(C3CC(NC(=O)CC#N)C3)cc2)cc1)CO. The van der Waals surface area contributed by atoms with Gasteiger partial charge in [0.15, 0.2) is 0 Å². The number of benzene rings is 2. The summed E-state index contributed by atoms with van der Waals surface area (Å²) in [5.74, 6) is 6.88. The number of nitriles is 1. The minimum Gasteiger partial charge on any atom is -0.393 e. The highest BCUT2D eigenvalue weighted by Gasteiger charge is 2.31. The van der Waals surface area contributed by atoms with Crippen LogP contribution in [0.25, 0.3) is 11.1 Å². The van der Waals surface area contributed by atoms with Crippen molar-refractivity contribution in [3.05, 3.63) is 77.9 Å². The van der Waals surface area contributed by atoms with Crippen molar-refractivity contribution in [3.8, 4) is 29.0 Å². The Morgan fingerprint density at radius 3 is 2.43 bits per heavy atom. The number of carbonyl (C=O) groups excluding carboxylic acids is 1. The van der Waals surface area contributed by atoms with Gasteiger partial charge >= 0.3 is 0 Å². The fourth-order valence-corrected chi connectivity index (χ4v) is 4.33. The minimum absolute atomic E-state index is 0.0865. The van der Waals surface area contributed by atoms with Gasteiger partial charge in [0.1, 0.15) is 24.4 Å². The zero-order valence-electron chi connectivity index (χ0n) is 19.6. The summed E-state index contributed by atoms with van der Waals surface area (Å²) in [6.45, 7) is 1.45. The summed E-state index contributed by atoms with van der Waals surface area (Å²) >= 11 is 0. The molecule has 3 aromatic rings. The van der Waals surface area contributed by atoms with Crippen LogP contribution in [0, 0.1) is 23.2 Å². The van der Waals surface area contributed by atoms with Gasteiger partial charge in [-0.2, -0.15) is 5.26 Å². The van der Waals surface area contributed by atoms with Crippen molar-refractivity contribution in [2.75, 3.05) is 6.61 Å². The molecule has 1 fully saturated rings. The molecular formula is C28H28N4O3. The van der Waals surface area contributed by atoms with Crippen LogP contribution in [0.4, 0.5) is 0 Å². The average Bonchev–Trinajstić information content (AvgIpc) is 3.33. The third kappa shape index (κ3) is 5.78. The smallest absolute Gasteiger partial charge is 0.234 e. The largest absolute Gasteiger partial charge is 0.393 e. The molecule has 4 rings (SSSR count). The first-order valence-electron chi connectivity index (χ1n) is 11.7. The molecule has 2 atom stereocenters. The molecule has 0 radical (unpaired) electrons. The number of hydrogen-bond acceptors (Lipinski definition) is 5. The van der Waals surface area contributed by atoms with E-state index in [9.17, 15) is 15.0 Å². The van der Waals surface area contributed by atoms with E-state index in [4.69, 9.17) is 5.26 Å². The Morgan fingerprint density at radius 2 is 1.83 bits per heavy atom. The molecule has 0 bridgehead atoms. The molecule has 1 amide bonds. The first kappa shape index (κ1) is 24.2. The number of nitrogens with zero attached hydrogens (tertiary/aromatic N) is 3. The van der Waals surface area contributed by atoms with Crippen molar-refractivity contribution < 1.29 is 15.0 Å². The van der Waals surface area contributed by atoms with Gasteiger partial charge in [-0.05, 0) is 54.5 Å². The van der Waals surface area contributed by atoms with Crippen LogP contribution in [-0.4, -0.2) is 38.3 Å². The molecule has 0 unspecified atom stereocenters. The molecular weight excluding hydrogens is 440 g/mol. The van der Waals surface area contributed by atoms with E-state index in [1.165, 1.54) is 5.56 Å². The second-order valence-corrected chi connectivity index (χ2v) is 8.80. The van der Waals surface area contributed by atoms with Gasteiger partial charge in [0.25, 0.3) is 0 Å². The molecule has 2 aromatic carbocycles. The van der Waals surface area contributed by atoms with E-state index in [2.05, 4.69) is 46.4 Å². The number of aliphatic hydroxyl groups excluding tert-OH is 2. The minimum atomic E-state index is -0.743. The molecule has 0 aliphatic heterocycles. The molecule has 1 saturated carbocycles. The summed E-state index contributed by atoms with van der Waals surface area (Å²) in [5.41, 5.74) is 4.29. The average molecular weight is 469 g/mol. The molecule has 7 nitrogen and oxygen atoms in total. The molecule has 3 N–H and O–H groups in total. The van der Waals surface area contributed by atoms with Crippen molar-refractivity contribution >= 4 is 5.91 Å². The summed E-state index contributed by atoms with van der Waals surface area (Å²) in [6.07, 6.45) is 4.26. The van der Waals surface area contributed by atoms with Crippen molar-refractivity contribution in [1.29, 1.82) is 5.26 Å². The van der Waals surface area contributed by atoms with Crippen molar-refractivity contribution in [3.63, 3.8) is 0 Å². The van der Waals surface area contributed by atoms with Gasteiger partial charge in [0.2, 0.25) is 5.91 Å². The normalized spacial score (nSPS) is 18.3. The van der Waals surface area contributed by atoms with Crippen LogP contribution in [0.5, 0.6) is 0 Å². The van der Waals surface area contributed by atoms with Crippen LogP contribution >= 0.6 is 0 Å². The lowest BCUT2D eigenvalue weighted by Gasteiger charge is -2.36. The second kappa shape index (κ2) is 11.0. The van der Waals surface area contributed by atoms with E-state index < -0.39 is 12.1 Å². The van der Waals surface area contributed by atoms with Crippen LogP contribution < -0.4 is 5.32 Å². The number of hydrogen-bond donors (Lipinski definition) is 3. The lowest BCUT2D eigenvalue weighted by Crippen LogP contribution is -2.43. The van der Waals surface area contributed by atoms with Crippen LogP contribution in [0.2, 0.25) is 0 Å². The van der Waals surface area contributed by atoms with E-state index in [-0.39, 0.29) is 25.0 Å². The molecule has 1 aliphatic carbocycles. The van der Waals surface area contributed by atoms with Crippen molar-refractivity contribution in [2.45, 2.75) is 50.3 Å².